The fourth-order valence-electron chi connectivity index (χ4n) is 2.10. The summed E-state index contributed by atoms with van der Waals surface area (Å²) in [6.07, 6.45) is 1.10. The first-order valence-electron chi connectivity index (χ1n) is 6.54. The number of thiophene rings is 1. The Bertz CT molecular complexity index is 533. The summed E-state index contributed by atoms with van der Waals surface area (Å²) in [5.41, 5.74) is 2.34. The molecule has 0 saturated carbocycles. The first kappa shape index (κ1) is 14.8. The van der Waals surface area contributed by atoms with Gasteiger partial charge in [-0.1, -0.05) is 0 Å². The van der Waals surface area contributed by atoms with Crippen LogP contribution in [0, 0.1) is 13.8 Å². The quantitative estimate of drug-likeness (QED) is 0.802. The highest BCUT2D eigenvalue weighted by Gasteiger charge is 2.07. The lowest BCUT2D eigenvalue weighted by Gasteiger charge is -2.12. The van der Waals surface area contributed by atoms with Crippen LogP contribution in [0.4, 0.5) is 0 Å². The van der Waals surface area contributed by atoms with Gasteiger partial charge in [-0.3, -0.25) is 4.68 Å². The Morgan fingerprint density at radius 2 is 2.21 bits per heavy atom. The molecule has 2 rings (SSSR count). The van der Waals surface area contributed by atoms with Gasteiger partial charge < -0.3 is 5.32 Å². The third-order valence-corrected chi connectivity index (χ3v) is 4.99. The Balaban J connectivity index is 1.73. The van der Waals surface area contributed by atoms with Crippen LogP contribution in [0.3, 0.4) is 0 Å². The van der Waals surface area contributed by atoms with E-state index >= 15 is 0 Å². The van der Waals surface area contributed by atoms with E-state index in [4.69, 9.17) is 0 Å². The third kappa shape index (κ3) is 4.16. The van der Waals surface area contributed by atoms with Crippen LogP contribution in [-0.2, 0) is 6.54 Å². The average Bonchev–Trinajstić information content (AvgIpc) is 2.91. The van der Waals surface area contributed by atoms with Gasteiger partial charge in [0.25, 0.3) is 0 Å². The number of rotatable bonds is 6. The molecule has 2 heterocycles. The van der Waals surface area contributed by atoms with Crippen LogP contribution in [0.25, 0.3) is 0 Å². The topological polar surface area (TPSA) is 29.9 Å². The van der Waals surface area contributed by atoms with Crippen molar-refractivity contribution in [3.8, 4) is 0 Å². The number of aromatic nitrogens is 2. The number of hydrogen-bond acceptors (Lipinski definition) is 3. The zero-order valence-corrected chi connectivity index (χ0v) is 14.0. The number of nitrogens with one attached hydrogen (secondary N) is 1. The Labute approximate surface area is 127 Å². The molecule has 0 aromatic carbocycles. The molecule has 1 N–H and O–H groups in total. The first-order chi connectivity index (χ1) is 9.06. The van der Waals surface area contributed by atoms with Crippen molar-refractivity contribution in [2.45, 2.75) is 39.8 Å². The molecule has 0 radical (unpaired) electrons. The minimum absolute atomic E-state index is 0.414. The van der Waals surface area contributed by atoms with Crippen molar-refractivity contribution >= 4 is 27.3 Å². The van der Waals surface area contributed by atoms with Crippen molar-refractivity contribution in [2.24, 2.45) is 0 Å². The molecule has 0 aliphatic carbocycles. The lowest BCUT2D eigenvalue weighted by atomic mass is 10.2. The largest absolute Gasteiger partial charge is 0.309 e. The summed E-state index contributed by atoms with van der Waals surface area (Å²) >= 11 is 5.29. The molecule has 1 atom stereocenters. The third-order valence-electron chi connectivity index (χ3n) is 3.12. The van der Waals surface area contributed by atoms with Crippen LogP contribution in [0.15, 0.2) is 22.0 Å². The van der Waals surface area contributed by atoms with E-state index in [1.54, 1.807) is 11.3 Å². The zero-order chi connectivity index (χ0) is 13.8. The van der Waals surface area contributed by atoms with Crippen LogP contribution < -0.4 is 5.32 Å². The van der Waals surface area contributed by atoms with E-state index in [0.29, 0.717) is 6.04 Å². The smallest absolute Gasteiger partial charge is 0.0596 e. The maximum absolute atomic E-state index is 4.47. The van der Waals surface area contributed by atoms with Crippen LogP contribution in [0.2, 0.25) is 0 Å². The molecule has 0 aliphatic heterocycles. The molecule has 0 aliphatic rings. The minimum Gasteiger partial charge on any atom is -0.309 e. The maximum atomic E-state index is 4.47. The lowest BCUT2D eigenvalue weighted by molar-refractivity contribution is 0.503. The summed E-state index contributed by atoms with van der Waals surface area (Å²) < 4.78 is 3.26. The van der Waals surface area contributed by atoms with E-state index < -0.39 is 0 Å². The van der Waals surface area contributed by atoms with Gasteiger partial charge in [-0.15, -0.1) is 11.3 Å². The van der Waals surface area contributed by atoms with Crippen LogP contribution >= 0.6 is 27.3 Å². The fourth-order valence-corrected chi connectivity index (χ4v) is 3.58. The summed E-state index contributed by atoms with van der Waals surface area (Å²) in [5, 5.41) is 10.2. The van der Waals surface area contributed by atoms with E-state index in [9.17, 15) is 0 Å². The predicted octanol–water partition coefficient (Wildman–Crippen LogP) is 4.06. The molecule has 0 amide bonds. The van der Waals surface area contributed by atoms with Gasteiger partial charge in [0.15, 0.2) is 0 Å². The van der Waals surface area contributed by atoms with Gasteiger partial charge >= 0.3 is 0 Å². The normalized spacial score (nSPS) is 12.8. The molecule has 3 nitrogen and oxygen atoms in total. The van der Waals surface area contributed by atoms with E-state index in [1.807, 2.05) is 6.92 Å². The van der Waals surface area contributed by atoms with Gasteiger partial charge in [0.05, 0.1) is 5.69 Å². The van der Waals surface area contributed by atoms with E-state index in [-0.39, 0.29) is 0 Å². The van der Waals surface area contributed by atoms with Gasteiger partial charge in [-0.2, -0.15) is 5.10 Å². The average molecular weight is 342 g/mol. The molecule has 2 aromatic rings. The van der Waals surface area contributed by atoms with Crippen LogP contribution in [0.1, 0.15) is 35.7 Å². The van der Waals surface area contributed by atoms with Gasteiger partial charge in [0.2, 0.25) is 0 Å². The summed E-state index contributed by atoms with van der Waals surface area (Å²) in [7, 11) is 0. The summed E-state index contributed by atoms with van der Waals surface area (Å²) in [6.45, 7) is 8.35. The summed E-state index contributed by atoms with van der Waals surface area (Å²) in [5.74, 6) is 0. The Hall–Kier alpha value is -0.650. The highest BCUT2D eigenvalue weighted by molar-refractivity contribution is 9.10. The second-order valence-electron chi connectivity index (χ2n) is 4.85. The number of aryl methyl sites for hydroxylation is 3. The molecular weight excluding hydrogens is 322 g/mol. The van der Waals surface area contributed by atoms with Crippen LogP contribution in [0.5, 0.6) is 0 Å². The van der Waals surface area contributed by atoms with E-state index in [2.05, 4.69) is 62.4 Å². The molecular formula is C14H20BrN3S. The standard InChI is InChI=1S/C14H20BrN3S/c1-10-7-11(2)18(17-10)6-4-5-16-12(3)14-8-13(15)9-19-14/h7-9,12,16H,4-6H2,1-3H3. The summed E-state index contributed by atoms with van der Waals surface area (Å²) in [6, 6.07) is 4.72. The van der Waals surface area contributed by atoms with Gasteiger partial charge in [0.1, 0.15) is 0 Å². The monoisotopic (exact) mass is 341 g/mol. The second-order valence-corrected chi connectivity index (χ2v) is 6.71. The molecule has 5 heteroatoms. The van der Waals surface area contributed by atoms with Gasteiger partial charge in [-0.05, 0) is 61.8 Å². The van der Waals surface area contributed by atoms with Crippen molar-refractivity contribution in [2.75, 3.05) is 6.54 Å². The first-order valence-corrected chi connectivity index (χ1v) is 8.22. The molecule has 0 spiro atoms. The molecule has 1 unspecified atom stereocenters. The Morgan fingerprint density at radius 3 is 2.79 bits per heavy atom. The lowest BCUT2D eigenvalue weighted by Crippen LogP contribution is -2.20. The van der Waals surface area contributed by atoms with E-state index in [0.717, 1.165) is 25.2 Å². The predicted molar refractivity (Wildman–Crippen MR) is 84.8 cm³/mol. The van der Waals surface area contributed by atoms with E-state index in [1.165, 1.54) is 15.0 Å². The Kier molecular flexibility index (Phi) is 5.19. The zero-order valence-electron chi connectivity index (χ0n) is 11.6. The number of hydrogen-bond donors (Lipinski definition) is 1. The molecule has 2 aromatic heterocycles. The molecule has 104 valence electrons. The SMILES string of the molecule is Cc1cc(C)n(CCCNC(C)c2cc(Br)cs2)n1. The van der Waals surface area contributed by atoms with Gasteiger partial charge in [-0.25, -0.2) is 0 Å². The molecule has 0 saturated heterocycles. The van der Waals surface area contributed by atoms with Crippen molar-refractivity contribution in [1.29, 1.82) is 0 Å². The molecule has 0 bridgehead atoms. The van der Waals surface area contributed by atoms with Crippen molar-refractivity contribution in [3.63, 3.8) is 0 Å². The summed E-state index contributed by atoms with van der Waals surface area (Å²) in [4.78, 5) is 1.37. The molecule has 19 heavy (non-hydrogen) atoms. The van der Waals surface area contributed by atoms with Crippen LogP contribution in [-0.4, -0.2) is 16.3 Å². The van der Waals surface area contributed by atoms with Crippen molar-refractivity contribution < 1.29 is 0 Å². The van der Waals surface area contributed by atoms with Crippen molar-refractivity contribution in [3.05, 3.63) is 38.3 Å². The molecule has 0 fully saturated rings. The highest BCUT2D eigenvalue weighted by Crippen LogP contribution is 2.25. The number of nitrogens with zero attached hydrogens (tertiary/aromatic N) is 2. The minimum atomic E-state index is 0.414. The fraction of sp³-hybridized carbons (Fsp3) is 0.500. The number of halogens is 1. The highest BCUT2D eigenvalue weighted by atomic mass is 79.9. The maximum Gasteiger partial charge on any atom is 0.0596 e. The Morgan fingerprint density at radius 1 is 1.42 bits per heavy atom. The van der Waals surface area contributed by atoms with Crippen molar-refractivity contribution in [1.82, 2.24) is 15.1 Å². The van der Waals surface area contributed by atoms with Gasteiger partial charge in [0, 0.05) is 33.0 Å². The second kappa shape index (κ2) is 6.68.